The number of hydrogen-bond acceptors (Lipinski definition) is 4. The van der Waals surface area contributed by atoms with E-state index in [1.54, 1.807) is 0 Å². The third kappa shape index (κ3) is 24.4. The number of ketones is 2. The van der Waals surface area contributed by atoms with Crippen LogP contribution in [0.3, 0.4) is 0 Å². The van der Waals surface area contributed by atoms with Gasteiger partial charge in [0, 0.05) is 0 Å². The summed E-state index contributed by atoms with van der Waals surface area (Å²) >= 11 is 0. The zero-order chi connectivity index (χ0) is 5.86. The van der Waals surface area contributed by atoms with Gasteiger partial charge in [-0.05, 0) is 13.8 Å². The summed E-state index contributed by atoms with van der Waals surface area (Å²) in [6.45, 7) is 2.81. The van der Waals surface area contributed by atoms with Crippen LogP contribution in [0.2, 0.25) is 0 Å². The van der Waals surface area contributed by atoms with E-state index in [0.717, 1.165) is 0 Å². The summed E-state index contributed by atoms with van der Waals surface area (Å²) in [6, 6.07) is 0. The van der Waals surface area contributed by atoms with Crippen molar-refractivity contribution in [3.8, 4) is 0 Å². The van der Waals surface area contributed by atoms with Crippen LogP contribution in [-0.2, 0) is 9.59 Å². The quantitative estimate of drug-likeness (QED) is 0.411. The summed E-state index contributed by atoms with van der Waals surface area (Å²) in [6.07, 6.45) is 0.0833. The molecular weight excluding hydrogens is 148 g/mol. The van der Waals surface area contributed by atoms with Crippen LogP contribution in [0.15, 0.2) is 0 Å². The average Bonchev–Trinajstić information content (AvgIpc) is 1.27. The molecule has 4 nitrogen and oxygen atoms in total. The largest absolute Gasteiger partial charge is 2.00 e. The summed E-state index contributed by atoms with van der Waals surface area (Å²) in [5.41, 5.74) is 0. The number of hydrogen-bond donors (Lipinski definition) is 0. The van der Waals surface area contributed by atoms with Crippen molar-refractivity contribution in [3.63, 3.8) is 0 Å². The van der Waals surface area contributed by atoms with Crippen molar-refractivity contribution >= 4 is 34.6 Å². The molecule has 5 heteroatoms. The molecular formula is C5H10MgO4. The van der Waals surface area contributed by atoms with E-state index in [9.17, 15) is 9.59 Å². The molecule has 0 aliphatic heterocycles. The molecule has 0 spiro atoms. The second kappa shape index (κ2) is 11.8. The van der Waals surface area contributed by atoms with Gasteiger partial charge in [0.25, 0.3) is 0 Å². The first-order valence-electron chi connectivity index (χ1n) is 2.12. The Morgan fingerprint density at radius 2 is 1.20 bits per heavy atom. The summed E-state index contributed by atoms with van der Waals surface area (Å²) in [5, 5.41) is 0. The van der Waals surface area contributed by atoms with Gasteiger partial charge in [0.05, 0.1) is 6.42 Å². The van der Waals surface area contributed by atoms with Crippen molar-refractivity contribution in [1.29, 1.82) is 0 Å². The van der Waals surface area contributed by atoms with E-state index in [1.165, 1.54) is 13.8 Å². The monoisotopic (exact) mass is 158 g/mol. The second-order valence-electron chi connectivity index (χ2n) is 1.58. The van der Waals surface area contributed by atoms with Crippen LogP contribution in [0.5, 0.6) is 0 Å². The molecule has 0 aromatic rings. The minimum absolute atomic E-state index is 0. The standard InChI is InChI=1S/C5H8O2.Mg.2H2O/c1-4(6)3-5(2)7;;;/h3H2,1-2H3;;2*1H2/q;+2;;/p-2. The average molecular weight is 158 g/mol. The van der Waals surface area contributed by atoms with Crippen molar-refractivity contribution in [2.75, 3.05) is 0 Å². The van der Waals surface area contributed by atoms with Gasteiger partial charge in [0.15, 0.2) is 0 Å². The third-order valence-electron chi connectivity index (χ3n) is 0.498. The fraction of sp³-hybridized carbons (Fsp3) is 0.600. The molecule has 10 heavy (non-hydrogen) atoms. The smallest absolute Gasteiger partial charge is 0.870 e. The zero-order valence-electron chi connectivity index (χ0n) is 6.13. The van der Waals surface area contributed by atoms with E-state index in [2.05, 4.69) is 0 Å². The van der Waals surface area contributed by atoms with Crippen molar-refractivity contribution in [1.82, 2.24) is 0 Å². The number of rotatable bonds is 2. The van der Waals surface area contributed by atoms with Crippen molar-refractivity contribution in [3.05, 3.63) is 0 Å². The SMILES string of the molecule is CC(=O)CC(C)=O.[Mg+2].[OH-].[OH-]. The number of carbonyl (C=O) groups excluding carboxylic acids is 2. The Morgan fingerprint density at radius 3 is 1.20 bits per heavy atom. The van der Waals surface area contributed by atoms with E-state index in [1.807, 2.05) is 0 Å². The summed E-state index contributed by atoms with van der Waals surface area (Å²) in [7, 11) is 0. The maximum atomic E-state index is 10.0. The molecule has 0 radical (unpaired) electrons. The molecule has 56 valence electrons. The van der Waals surface area contributed by atoms with E-state index >= 15 is 0 Å². The number of Topliss-reactive ketones (excluding diaryl/α,β-unsaturated/α-hetero) is 2. The molecule has 0 aromatic heterocycles. The molecule has 0 amide bonds. The predicted molar refractivity (Wildman–Crippen MR) is 35.6 cm³/mol. The molecule has 0 aliphatic carbocycles. The molecule has 0 heterocycles. The molecule has 0 aliphatic rings. The van der Waals surface area contributed by atoms with Gasteiger partial charge >= 0.3 is 23.1 Å². The van der Waals surface area contributed by atoms with Gasteiger partial charge in [-0.25, -0.2) is 0 Å². The van der Waals surface area contributed by atoms with Crippen LogP contribution in [0.1, 0.15) is 20.3 Å². The maximum Gasteiger partial charge on any atom is 2.00 e. The van der Waals surface area contributed by atoms with Crippen LogP contribution >= 0.6 is 0 Å². The molecule has 2 N–H and O–H groups in total. The summed E-state index contributed by atoms with van der Waals surface area (Å²) in [4.78, 5) is 20.1. The molecule has 0 saturated heterocycles. The van der Waals surface area contributed by atoms with Crippen LogP contribution in [0.4, 0.5) is 0 Å². The molecule has 0 bridgehead atoms. The topological polar surface area (TPSA) is 94.1 Å². The predicted octanol–water partition coefficient (Wildman–Crippen LogP) is -0.180. The Labute approximate surface area is 75.8 Å². The van der Waals surface area contributed by atoms with Crippen LogP contribution < -0.4 is 0 Å². The van der Waals surface area contributed by atoms with E-state index in [-0.39, 0.29) is 52.0 Å². The van der Waals surface area contributed by atoms with Crippen LogP contribution in [0.25, 0.3) is 0 Å². The minimum atomic E-state index is -0.0625. The molecule has 0 unspecified atom stereocenters. The zero-order valence-corrected chi connectivity index (χ0v) is 7.54. The first kappa shape index (κ1) is 22.5. The number of carbonyl (C=O) groups is 2. The Kier molecular flexibility index (Phi) is 26.5. The summed E-state index contributed by atoms with van der Waals surface area (Å²) < 4.78 is 0. The van der Waals surface area contributed by atoms with E-state index in [0.29, 0.717) is 0 Å². The van der Waals surface area contributed by atoms with Crippen LogP contribution in [0, 0.1) is 0 Å². The Balaban J connectivity index is -0.0000000600. The van der Waals surface area contributed by atoms with Crippen molar-refractivity contribution in [2.45, 2.75) is 20.3 Å². The van der Waals surface area contributed by atoms with Gasteiger partial charge in [0.2, 0.25) is 0 Å². The van der Waals surface area contributed by atoms with Gasteiger partial charge in [-0.3, -0.25) is 9.59 Å². The Bertz CT molecular complexity index is 89.8. The first-order chi connectivity index (χ1) is 3.13. The molecule has 0 atom stereocenters. The Hall–Kier alpha value is 0.0262. The van der Waals surface area contributed by atoms with Gasteiger partial charge in [-0.2, -0.15) is 0 Å². The summed E-state index contributed by atoms with van der Waals surface area (Å²) in [5.74, 6) is -0.125. The van der Waals surface area contributed by atoms with Crippen molar-refractivity contribution < 1.29 is 20.5 Å². The molecule has 0 rings (SSSR count). The first-order valence-corrected chi connectivity index (χ1v) is 2.12. The maximum absolute atomic E-state index is 10.0. The Morgan fingerprint density at radius 1 is 1.00 bits per heavy atom. The van der Waals surface area contributed by atoms with Crippen molar-refractivity contribution in [2.24, 2.45) is 0 Å². The molecule has 0 aromatic carbocycles. The van der Waals surface area contributed by atoms with Gasteiger partial charge in [-0.15, -0.1) is 0 Å². The van der Waals surface area contributed by atoms with Gasteiger partial charge in [-0.1, -0.05) is 0 Å². The van der Waals surface area contributed by atoms with Crippen LogP contribution in [-0.4, -0.2) is 45.6 Å². The minimum Gasteiger partial charge on any atom is -0.870 e. The fourth-order valence-corrected chi connectivity index (χ4v) is 0.351. The second-order valence-corrected chi connectivity index (χ2v) is 1.58. The van der Waals surface area contributed by atoms with E-state index < -0.39 is 0 Å². The van der Waals surface area contributed by atoms with Gasteiger partial charge in [0.1, 0.15) is 11.6 Å². The van der Waals surface area contributed by atoms with Gasteiger partial charge < -0.3 is 11.0 Å². The van der Waals surface area contributed by atoms with E-state index in [4.69, 9.17) is 0 Å². The normalized spacial score (nSPS) is 5.80. The fourth-order valence-electron chi connectivity index (χ4n) is 0.351. The molecule has 0 saturated carbocycles. The third-order valence-corrected chi connectivity index (χ3v) is 0.498. The molecule has 0 fully saturated rings.